The fourth-order valence-electron chi connectivity index (χ4n) is 8.54. The molecule has 20 heteroatoms. The zero-order chi connectivity index (χ0) is 46.5. The van der Waals surface area contributed by atoms with E-state index in [0.717, 1.165) is 15.6 Å². The van der Waals surface area contributed by atoms with Gasteiger partial charge in [0.25, 0.3) is 5.91 Å². The number of Topliss-reactive ketones (excluding diaryl/α,β-unsaturated/α-hetero) is 1. The maximum Gasteiger partial charge on any atom is 0.255 e. The number of benzene rings is 3. The van der Waals surface area contributed by atoms with E-state index in [4.69, 9.17) is 9.72 Å². The molecule has 0 spiro atoms. The Morgan fingerprint density at radius 2 is 1.82 bits per heavy atom. The van der Waals surface area contributed by atoms with Gasteiger partial charge in [0.15, 0.2) is 11.6 Å². The van der Waals surface area contributed by atoms with Crippen LogP contribution >= 0.6 is 28.3 Å². The second-order valence-electron chi connectivity index (χ2n) is 16.5. The molecular weight excluding hydrogens is 946 g/mol. The van der Waals surface area contributed by atoms with Crippen molar-refractivity contribution < 1.29 is 33.5 Å². The average Bonchev–Trinajstić information content (AvgIpc) is 3.91. The molecule has 0 radical (unpaired) electrons. The highest BCUT2D eigenvalue weighted by Crippen LogP contribution is 2.37. The number of ketones is 1. The van der Waals surface area contributed by atoms with Crippen LogP contribution in [-0.4, -0.2) is 105 Å². The number of hydrogen-bond acceptors (Lipinski definition) is 13. The smallest absolute Gasteiger partial charge is 0.255 e. The number of rotatable bonds is 18. The van der Waals surface area contributed by atoms with Crippen molar-refractivity contribution in [2.24, 2.45) is 0 Å². The lowest BCUT2D eigenvalue weighted by atomic mass is 10.0. The molecule has 1 unspecified atom stereocenters. The molecule has 2 atom stereocenters. The molecule has 3 aliphatic heterocycles. The number of carbonyl (C=O) groups excluding carboxylic acids is 6. The van der Waals surface area contributed by atoms with E-state index in [1.165, 1.54) is 4.90 Å². The van der Waals surface area contributed by atoms with Gasteiger partial charge in [-0.1, -0.05) is 58.4 Å². The van der Waals surface area contributed by atoms with Gasteiger partial charge < -0.3 is 30.1 Å². The summed E-state index contributed by atoms with van der Waals surface area (Å²) in [6.45, 7) is 4.08. The van der Waals surface area contributed by atoms with E-state index in [9.17, 15) is 28.8 Å². The van der Waals surface area contributed by atoms with Crippen molar-refractivity contribution in [2.75, 3.05) is 42.4 Å². The van der Waals surface area contributed by atoms with Crippen LogP contribution in [0.1, 0.15) is 88.0 Å². The standard InChI is InChI=1S/C47H50BrN11O7.ClH/c1-4-36-47(65)56(2)38-24-50-41(52-44(38)58(36)25-28-8-12-31(48)13-9-28)23-30-11-10-29(22-40(30)66-3)39(60)16-14-32-26-57(55-54-32)21-20-49-19-18-43(62)51-35-7-5-6-33-34(35)27-59(46(33)64)37-15-17-42(61)53-45(37)63;/h5-13,22,24,26,36-37,49H,4,14-21,23,25,27H2,1-3H3,(H,51,62)(H,53,61,63);1H/t36-,37?;/m1./s1. The van der Waals surface area contributed by atoms with Gasteiger partial charge in [-0.2, -0.15) is 0 Å². The second-order valence-corrected chi connectivity index (χ2v) is 17.4. The highest BCUT2D eigenvalue weighted by atomic mass is 79.9. The highest BCUT2D eigenvalue weighted by molar-refractivity contribution is 9.10. The number of nitrogens with zero attached hydrogens (tertiary/aromatic N) is 8. The van der Waals surface area contributed by atoms with Crippen molar-refractivity contribution in [3.8, 4) is 5.75 Å². The first-order valence-electron chi connectivity index (χ1n) is 21.9. The van der Waals surface area contributed by atoms with Crippen molar-refractivity contribution in [2.45, 2.75) is 83.6 Å². The molecule has 5 amide bonds. The lowest BCUT2D eigenvalue weighted by Gasteiger charge is -2.40. The molecule has 350 valence electrons. The minimum absolute atomic E-state index is 0. The molecule has 1 saturated heterocycles. The number of amides is 5. The lowest BCUT2D eigenvalue weighted by molar-refractivity contribution is -0.137. The number of anilines is 3. The van der Waals surface area contributed by atoms with Crippen molar-refractivity contribution in [1.29, 1.82) is 0 Å². The highest BCUT2D eigenvalue weighted by Gasteiger charge is 2.40. The molecule has 5 heterocycles. The van der Waals surface area contributed by atoms with E-state index >= 15 is 0 Å². The predicted molar refractivity (Wildman–Crippen MR) is 254 cm³/mol. The molecule has 0 bridgehead atoms. The number of halogens is 2. The minimum atomic E-state index is -0.738. The molecule has 5 aromatic rings. The number of nitrogens with one attached hydrogen (secondary N) is 3. The van der Waals surface area contributed by atoms with Crippen LogP contribution in [0, 0.1) is 0 Å². The van der Waals surface area contributed by atoms with E-state index in [0.29, 0.717) is 96.6 Å². The number of hydrogen-bond donors (Lipinski definition) is 3. The normalized spacial score (nSPS) is 16.6. The molecule has 0 saturated carbocycles. The Hall–Kier alpha value is -6.57. The minimum Gasteiger partial charge on any atom is -0.496 e. The number of likely N-dealkylation sites (N-methyl/N-ethyl adjacent to an activating group) is 1. The van der Waals surface area contributed by atoms with Crippen LogP contribution in [0.25, 0.3) is 0 Å². The molecule has 3 aliphatic rings. The molecule has 0 aliphatic carbocycles. The topological polar surface area (TPSA) is 214 Å². The number of methoxy groups -OCH3 is 1. The Morgan fingerprint density at radius 1 is 1.01 bits per heavy atom. The van der Waals surface area contributed by atoms with Crippen LogP contribution in [-0.2, 0) is 51.7 Å². The number of fused-ring (bicyclic) bond motifs is 2. The van der Waals surface area contributed by atoms with E-state index < -0.39 is 11.9 Å². The van der Waals surface area contributed by atoms with Crippen LogP contribution in [0.2, 0.25) is 0 Å². The Labute approximate surface area is 401 Å². The Morgan fingerprint density at radius 3 is 2.58 bits per heavy atom. The number of carbonyl (C=O) groups is 6. The molecule has 3 aromatic carbocycles. The van der Waals surface area contributed by atoms with Gasteiger partial charge in [0.1, 0.15) is 29.3 Å². The molecule has 1 fully saturated rings. The van der Waals surface area contributed by atoms with Crippen molar-refractivity contribution in [3.63, 3.8) is 0 Å². The van der Waals surface area contributed by atoms with Crippen LogP contribution in [0.3, 0.4) is 0 Å². The molecule has 67 heavy (non-hydrogen) atoms. The van der Waals surface area contributed by atoms with E-state index in [1.54, 1.807) is 66.5 Å². The largest absolute Gasteiger partial charge is 0.496 e. The van der Waals surface area contributed by atoms with Crippen LogP contribution < -0.4 is 30.5 Å². The summed E-state index contributed by atoms with van der Waals surface area (Å²) >= 11 is 3.50. The quantitative estimate of drug-likeness (QED) is 0.0612. The Kier molecular flexibility index (Phi) is 15.4. The van der Waals surface area contributed by atoms with E-state index in [2.05, 4.69) is 52.1 Å². The average molecular weight is 997 g/mol. The number of imide groups is 1. The van der Waals surface area contributed by atoms with Gasteiger partial charge in [-0.05, 0) is 48.7 Å². The summed E-state index contributed by atoms with van der Waals surface area (Å²) in [5, 5.41) is 16.9. The fraction of sp³-hybridized carbons (Fsp3) is 0.362. The Balaban J connectivity index is 0.00000666. The number of aryl methyl sites for hydroxylation is 1. The van der Waals surface area contributed by atoms with Gasteiger partial charge in [-0.15, -0.1) is 17.5 Å². The zero-order valence-corrected chi connectivity index (χ0v) is 39.7. The maximum absolute atomic E-state index is 13.4. The van der Waals surface area contributed by atoms with Crippen molar-refractivity contribution >= 4 is 80.8 Å². The summed E-state index contributed by atoms with van der Waals surface area (Å²) in [6.07, 6.45) is 5.68. The number of ether oxygens (including phenoxy) is 1. The molecule has 3 N–H and O–H groups in total. The third-order valence-electron chi connectivity index (χ3n) is 12.1. The summed E-state index contributed by atoms with van der Waals surface area (Å²) in [6, 6.07) is 17.4. The van der Waals surface area contributed by atoms with Crippen molar-refractivity contribution in [1.82, 2.24) is 40.5 Å². The maximum atomic E-state index is 13.4. The van der Waals surface area contributed by atoms with Gasteiger partial charge in [0.2, 0.25) is 23.6 Å². The van der Waals surface area contributed by atoms with Crippen molar-refractivity contribution in [3.05, 3.63) is 117 Å². The third-order valence-corrected chi connectivity index (χ3v) is 12.7. The van der Waals surface area contributed by atoms with Crippen LogP contribution in [0.15, 0.2) is 77.5 Å². The number of aromatic nitrogens is 5. The predicted octanol–water partition coefficient (Wildman–Crippen LogP) is 4.81. The molecular formula is C47H51BrClN11O7. The molecule has 2 aromatic heterocycles. The van der Waals surface area contributed by atoms with Gasteiger partial charge in [0, 0.05) is 104 Å². The SMILES string of the molecule is CC[C@@H]1C(=O)N(C)c2cnc(Cc3ccc(C(=O)CCc4cn(CCNCCC(=O)Nc5cccc6c5CN(C5CCC(=O)NC5=O)C6=O)nn4)cc3OC)nc2N1Cc1ccc(Br)cc1.Cl. The van der Waals surface area contributed by atoms with E-state index in [1.807, 2.05) is 37.3 Å². The number of piperidine rings is 1. The summed E-state index contributed by atoms with van der Waals surface area (Å²) in [5.41, 5.74) is 5.28. The second kappa shape index (κ2) is 21.4. The first-order chi connectivity index (χ1) is 31.9. The third kappa shape index (κ3) is 10.8. The molecule has 8 rings (SSSR count). The zero-order valence-electron chi connectivity index (χ0n) is 37.3. The van der Waals surface area contributed by atoms with Gasteiger partial charge >= 0.3 is 0 Å². The summed E-state index contributed by atoms with van der Waals surface area (Å²) in [5.74, 6) is 0.338. The van der Waals surface area contributed by atoms with Gasteiger partial charge in [0.05, 0.1) is 25.5 Å². The fourth-order valence-corrected chi connectivity index (χ4v) is 8.81. The van der Waals surface area contributed by atoms with Crippen LogP contribution in [0.4, 0.5) is 17.2 Å². The Bertz CT molecular complexity index is 2700. The summed E-state index contributed by atoms with van der Waals surface area (Å²) in [4.78, 5) is 91.5. The first-order valence-corrected chi connectivity index (χ1v) is 22.7. The first kappa shape index (κ1) is 48.4. The molecule has 18 nitrogen and oxygen atoms in total. The monoisotopic (exact) mass is 995 g/mol. The van der Waals surface area contributed by atoms with E-state index in [-0.39, 0.29) is 80.1 Å². The van der Waals surface area contributed by atoms with Crippen LogP contribution in [0.5, 0.6) is 5.75 Å². The van der Waals surface area contributed by atoms with Gasteiger partial charge in [-0.25, -0.2) is 9.97 Å². The summed E-state index contributed by atoms with van der Waals surface area (Å²) < 4.78 is 8.41. The summed E-state index contributed by atoms with van der Waals surface area (Å²) in [7, 11) is 3.32. The lowest BCUT2D eigenvalue weighted by Crippen LogP contribution is -2.52. The van der Waals surface area contributed by atoms with Gasteiger partial charge in [-0.3, -0.25) is 38.8 Å².